The van der Waals surface area contributed by atoms with E-state index in [2.05, 4.69) is 22.4 Å². The summed E-state index contributed by atoms with van der Waals surface area (Å²) in [5.41, 5.74) is 0. The van der Waals surface area contributed by atoms with Crippen molar-refractivity contribution in [1.29, 1.82) is 0 Å². The van der Waals surface area contributed by atoms with Gasteiger partial charge in [0.05, 0.1) is 5.92 Å². The van der Waals surface area contributed by atoms with Crippen LogP contribution in [0.2, 0.25) is 0 Å². The molecule has 0 aromatic carbocycles. The molecule has 0 bridgehead atoms. The highest BCUT2D eigenvalue weighted by molar-refractivity contribution is 5.00. The monoisotopic (exact) mass is 197 g/mol. The van der Waals surface area contributed by atoms with Crippen LogP contribution in [0.4, 0.5) is 0 Å². The molecule has 14 heavy (non-hydrogen) atoms. The van der Waals surface area contributed by atoms with Gasteiger partial charge in [-0.25, -0.2) is 0 Å². The molecule has 0 saturated carbocycles. The molecular weight excluding hydrogens is 182 g/mol. The van der Waals surface area contributed by atoms with Crippen molar-refractivity contribution in [1.82, 2.24) is 15.5 Å². The van der Waals surface area contributed by atoms with Gasteiger partial charge in [0, 0.05) is 13.7 Å². The first kappa shape index (κ1) is 9.61. The van der Waals surface area contributed by atoms with E-state index >= 15 is 0 Å². The maximum Gasteiger partial charge on any atom is 0.231 e. The van der Waals surface area contributed by atoms with Crippen molar-refractivity contribution in [2.45, 2.75) is 19.4 Å². The molecule has 5 nitrogen and oxygen atoms in total. The van der Waals surface area contributed by atoms with E-state index in [0.717, 1.165) is 19.0 Å². The number of methoxy groups -OCH3 is 1. The van der Waals surface area contributed by atoms with Crippen LogP contribution in [-0.4, -0.2) is 30.3 Å². The number of hydrogen-bond acceptors (Lipinski definition) is 5. The molecule has 1 fully saturated rings. The SMILES string of the molecule is COCc1noc([C@@H]2CNC[C@H]2C)n1. The van der Waals surface area contributed by atoms with Gasteiger partial charge in [-0.15, -0.1) is 0 Å². The van der Waals surface area contributed by atoms with Gasteiger partial charge >= 0.3 is 0 Å². The average molecular weight is 197 g/mol. The van der Waals surface area contributed by atoms with Crippen molar-refractivity contribution in [3.63, 3.8) is 0 Å². The average Bonchev–Trinajstić information content (AvgIpc) is 2.74. The maximum atomic E-state index is 5.19. The van der Waals surface area contributed by atoms with Crippen LogP contribution in [0.1, 0.15) is 24.6 Å². The molecule has 0 spiro atoms. The van der Waals surface area contributed by atoms with E-state index in [1.54, 1.807) is 7.11 Å². The second kappa shape index (κ2) is 4.06. The fourth-order valence-corrected chi connectivity index (χ4v) is 1.75. The Labute approximate surface area is 82.8 Å². The topological polar surface area (TPSA) is 60.2 Å². The van der Waals surface area contributed by atoms with Crippen molar-refractivity contribution in [3.05, 3.63) is 11.7 Å². The molecule has 1 aromatic heterocycles. The third kappa shape index (κ3) is 1.78. The summed E-state index contributed by atoms with van der Waals surface area (Å²) in [5, 5.41) is 7.15. The lowest BCUT2D eigenvalue weighted by atomic mass is 9.98. The molecule has 1 aromatic rings. The summed E-state index contributed by atoms with van der Waals surface area (Å²) in [7, 11) is 1.62. The van der Waals surface area contributed by atoms with Gasteiger partial charge in [-0.2, -0.15) is 4.98 Å². The summed E-state index contributed by atoms with van der Waals surface area (Å²) in [6.07, 6.45) is 0. The lowest BCUT2D eigenvalue weighted by Gasteiger charge is -2.07. The van der Waals surface area contributed by atoms with E-state index in [1.165, 1.54) is 0 Å². The van der Waals surface area contributed by atoms with Gasteiger partial charge in [0.1, 0.15) is 6.61 Å². The van der Waals surface area contributed by atoms with E-state index in [1.807, 2.05) is 0 Å². The second-order valence-electron chi connectivity index (χ2n) is 3.72. The van der Waals surface area contributed by atoms with E-state index in [4.69, 9.17) is 9.26 Å². The second-order valence-corrected chi connectivity index (χ2v) is 3.72. The van der Waals surface area contributed by atoms with Gasteiger partial charge in [-0.3, -0.25) is 0 Å². The number of rotatable bonds is 3. The molecule has 2 atom stereocenters. The van der Waals surface area contributed by atoms with E-state index < -0.39 is 0 Å². The van der Waals surface area contributed by atoms with Crippen LogP contribution in [0.5, 0.6) is 0 Å². The lowest BCUT2D eigenvalue weighted by molar-refractivity contribution is 0.174. The smallest absolute Gasteiger partial charge is 0.231 e. The Bertz CT molecular complexity index is 300. The maximum absolute atomic E-state index is 5.19. The highest BCUT2D eigenvalue weighted by atomic mass is 16.5. The van der Waals surface area contributed by atoms with Crippen LogP contribution in [0.3, 0.4) is 0 Å². The van der Waals surface area contributed by atoms with Gasteiger partial charge in [0.25, 0.3) is 0 Å². The first-order valence-electron chi connectivity index (χ1n) is 4.83. The summed E-state index contributed by atoms with van der Waals surface area (Å²) in [6, 6.07) is 0. The quantitative estimate of drug-likeness (QED) is 0.766. The molecule has 78 valence electrons. The fraction of sp³-hybridized carbons (Fsp3) is 0.778. The molecule has 1 saturated heterocycles. The van der Waals surface area contributed by atoms with Crippen molar-refractivity contribution in [3.8, 4) is 0 Å². The number of hydrogen-bond donors (Lipinski definition) is 1. The standard InChI is InChI=1S/C9H15N3O2/c1-6-3-10-4-7(6)9-11-8(5-13-2)12-14-9/h6-7,10H,3-5H2,1-2H3/t6-,7-/m1/s1. The van der Waals surface area contributed by atoms with Crippen molar-refractivity contribution < 1.29 is 9.26 Å². The predicted octanol–water partition coefficient (Wildman–Crippen LogP) is 0.539. The molecule has 1 N–H and O–H groups in total. The fourth-order valence-electron chi connectivity index (χ4n) is 1.75. The van der Waals surface area contributed by atoms with Gasteiger partial charge in [-0.05, 0) is 12.5 Å². The van der Waals surface area contributed by atoms with Gasteiger partial charge < -0.3 is 14.6 Å². The first-order chi connectivity index (χ1) is 6.81. The first-order valence-corrected chi connectivity index (χ1v) is 4.83. The number of nitrogens with zero attached hydrogens (tertiary/aromatic N) is 2. The Balaban J connectivity index is 2.08. The summed E-state index contributed by atoms with van der Waals surface area (Å²) >= 11 is 0. The molecule has 1 aliphatic heterocycles. The van der Waals surface area contributed by atoms with Crippen LogP contribution in [0, 0.1) is 5.92 Å². The third-order valence-electron chi connectivity index (χ3n) is 2.59. The van der Waals surface area contributed by atoms with Crippen LogP contribution in [0.15, 0.2) is 4.52 Å². The zero-order chi connectivity index (χ0) is 9.97. The largest absolute Gasteiger partial charge is 0.377 e. The number of nitrogens with one attached hydrogen (secondary N) is 1. The predicted molar refractivity (Wildman–Crippen MR) is 49.8 cm³/mol. The summed E-state index contributed by atoms with van der Waals surface area (Å²) in [6.45, 7) is 4.55. The highest BCUT2D eigenvalue weighted by Gasteiger charge is 2.29. The third-order valence-corrected chi connectivity index (χ3v) is 2.59. The number of ether oxygens (including phenoxy) is 1. The zero-order valence-corrected chi connectivity index (χ0v) is 8.49. The molecule has 1 aliphatic rings. The number of aromatic nitrogens is 2. The summed E-state index contributed by atoms with van der Waals surface area (Å²) < 4.78 is 10.1. The van der Waals surface area contributed by atoms with Crippen molar-refractivity contribution in [2.75, 3.05) is 20.2 Å². The Kier molecular flexibility index (Phi) is 2.79. The van der Waals surface area contributed by atoms with Crippen LogP contribution in [0.25, 0.3) is 0 Å². The van der Waals surface area contributed by atoms with E-state index in [0.29, 0.717) is 24.3 Å². The van der Waals surface area contributed by atoms with Crippen molar-refractivity contribution in [2.24, 2.45) is 5.92 Å². The molecule has 2 rings (SSSR count). The normalized spacial score (nSPS) is 27.0. The molecule has 0 unspecified atom stereocenters. The van der Waals surface area contributed by atoms with Gasteiger partial charge in [-0.1, -0.05) is 12.1 Å². The zero-order valence-electron chi connectivity index (χ0n) is 8.49. The summed E-state index contributed by atoms with van der Waals surface area (Å²) in [4.78, 5) is 4.29. The minimum absolute atomic E-state index is 0.355. The Morgan fingerprint density at radius 2 is 2.43 bits per heavy atom. The lowest BCUT2D eigenvalue weighted by Crippen LogP contribution is -2.08. The van der Waals surface area contributed by atoms with Crippen molar-refractivity contribution >= 4 is 0 Å². The Morgan fingerprint density at radius 3 is 3.07 bits per heavy atom. The Hall–Kier alpha value is -0.940. The molecule has 0 amide bonds. The van der Waals surface area contributed by atoms with E-state index in [-0.39, 0.29) is 0 Å². The molecule has 5 heteroatoms. The molecule has 0 radical (unpaired) electrons. The Morgan fingerprint density at radius 1 is 1.57 bits per heavy atom. The van der Waals surface area contributed by atoms with Crippen LogP contribution in [-0.2, 0) is 11.3 Å². The van der Waals surface area contributed by atoms with Gasteiger partial charge in [0.15, 0.2) is 5.82 Å². The highest BCUT2D eigenvalue weighted by Crippen LogP contribution is 2.25. The summed E-state index contributed by atoms with van der Waals surface area (Å²) in [5.74, 6) is 2.27. The van der Waals surface area contributed by atoms with Crippen LogP contribution >= 0.6 is 0 Å². The van der Waals surface area contributed by atoms with E-state index in [9.17, 15) is 0 Å². The molecule has 0 aliphatic carbocycles. The van der Waals surface area contributed by atoms with Gasteiger partial charge in [0.2, 0.25) is 5.89 Å². The molecular formula is C9H15N3O2. The minimum atomic E-state index is 0.355. The molecule has 2 heterocycles. The minimum Gasteiger partial charge on any atom is -0.377 e. The van der Waals surface area contributed by atoms with Crippen LogP contribution < -0.4 is 5.32 Å².